The molecule has 1 unspecified atom stereocenters. The van der Waals surface area contributed by atoms with Crippen molar-refractivity contribution in [1.82, 2.24) is 0 Å². The molecule has 0 heterocycles. The molecule has 0 saturated carbocycles. The highest BCUT2D eigenvalue weighted by atomic mass is 79.9. The first kappa shape index (κ1) is 15.8. The number of nitrogens with one attached hydrogen (secondary N) is 1. The largest absolute Gasteiger partial charge is 0.467 e. The first-order valence-electron chi connectivity index (χ1n) is 6.06. The van der Waals surface area contributed by atoms with Gasteiger partial charge in [0.1, 0.15) is 5.82 Å². The van der Waals surface area contributed by atoms with E-state index in [9.17, 15) is 9.18 Å². The Morgan fingerprint density at radius 3 is 2.52 bits per heavy atom. The van der Waals surface area contributed by atoms with E-state index < -0.39 is 17.8 Å². The fourth-order valence-corrected chi connectivity index (χ4v) is 2.40. The third-order valence-electron chi connectivity index (χ3n) is 2.88. The van der Waals surface area contributed by atoms with Gasteiger partial charge < -0.3 is 10.1 Å². The molecule has 3 nitrogen and oxygen atoms in total. The summed E-state index contributed by atoms with van der Waals surface area (Å²) >= 11 is 9.34. The SMILES string of the molecule is COC(=O)C(Nc1ccc(Br)cc1)c1c(F)cccc1Cl. The average molecular weight is 373 g/mol. The first-order valence-corrected chi connectivity index (χ1v) is 7.24. The minimum absolute atomic E-state index is 0.0638. The molecule has 0 aliphatic rings. The predicted octanol–water partition coefficient (Wildman–Crippen LogP) is 4.57. The summed E-state index contributed by atoms with van der Waals surface area (Å²) in [6.45, 7) is 0. The zero-order valence-electron chi connectivity index (χ0n) is 11.1. The summed E-state index contributed by atoms with van der Waals surface area (Å²) in [6.07, 6.45) is 0. The van der Waals surface area contributed by atoms with Crippen LogP contribution in [-0.2, 0) is 9.53 Å². The number of hydrogen-bond donors (Lipinski definition) is 1. The van der Waals surface area contributed by atoms with Gasteiger partial charge in [0.15, 0.2) is 6.04 Å². The average Bonchev–Trinajstić information content (AvgIpc) is 2.47. The summed E-state index contributed by atoms with van der Waals surface area (Å²) in [4.78, 5) is 12.0. The molecule has 2 rings (SSSR count). The van der Waals surface area contributed by atoms with Gasteiger partial charge in [-0.25, -0.2) is 9.18 Å². The molecule has 0 aromatic heterocycles. The number of esters is 1. The Hall–Kier alpha value is -1.59. The third-order valence-corrected chi connectivity index (χ3v) is 3.74. The third kappa shape index (κ3) is 3.74. The van der Waals surface area contributed by atoms with Crippen molar-refractivity contribution in [2.45, 2.75) is 6.04 Å². The maximum Gasteiger partial charge on any atom is 0.333 e. The highest BCUT2D eigenvalue weighted by Crippen LogP contribution is 2.30. The molecule has 6 heteroatoms. The second-order valence-corrected chi connectivity index (χ2v) is 5.57. The summed E-state index contributed by atoms with van der Waals surface area (Å²) in [6, 6.07) is 10.4. The van der Waals surface area contributed by atoms with E-state index in [1.54, 1.807) is 24.3 Å². The van der Waals surface area contributed by atoms with Crippen molar-refractivity contribution < 1.29 is 13.9 Å². The molecule has 0 amide bonds. The number of hydrogen-bond acceptors (Lipinski definition) is 3. The van der Waals surface area contributed by atoms with Crippen molar-refractivity contribution in [3.63, 3.8) is 0 Å². The lowest BCUT2D eigenvalue weighted by Crippen LogP contribution is -2.23. The summed E-state index contributed by atoms with van der Waals surface area (Å²) < 4.78 is 19.7. The number of methoxy groups -OCH3 is 1. The molecule has 0 saturated heterocycles. The number of rotatable bonds is 4. The van der Waals surface area contributed by atoms with Crippen LogP contribution in [0, 0.1) is 5.82 Å². The molecule has 0 radical (unpaired) electrons. The number of benzene rings is 2. The molecular weight excluding hydrogens is 361 g/mol. The van der Waals surface area contributed by atoms with E-state index in [4.69, 9.17) is 16.3 Å². The molecule has 0 aliphatic heterocycles. The Labute approximate surface area is 135 Å². The molecule has 1 N–H and O–H groups in total. The van der Waals surface area contributed by atoms with Crippen molar-refractivity contribution in [3.05, 3.63) is 63.3 Å². The van der Waals surface area contributed by atoms with Crippen LogP contribution in [0.1, 0.15) is 11.6 Å². The van der Waals surface area contributed by atoms with Crippen LogP contribution in [-0.4, -0.2) is 13.1 Å². The Morgan fingerprint density at radius 1 is 1.29 bits per heavy atom. The molecule has 0 spiro atoms. The Balaban J connectivity index is 2.39. The van der Waals surface area contributed by atoms with Crippen LogP contribution in [0.25, 0.3) is 0 Å². The van der Waals surface area contributed by atoms with Crippen LogP contribution in [0.3, 0.4) is 0 Å². The monoisotopic (exact) mass is 371 g/mol. The fourth-order valence-electron chi connectivity index (χ4n) is 1.87. The molecule has 0 bridgehead atoms. The van der Waals surface area contributed by atoms with Gasteiger partial charge in [-0.05, 0) is 36.4 Å². The van der Waals surface area contributed by atoms with Gasteiger partial charge in [-0.3, -0.25) is 0 Å². The highest BCUT2D eigenvalue weighted by Gasteiger charge is 2.26. The van der Waals surface area contributed by atoms with Crippen LogP contribution in [0.5, 0.6) is 0 Å². The minimum atomic E-state index is -1.02. The molecular formula is C15H12BrClFNO2. The summed E-state index contributed by atoms with van der Waals surface area (Å²) in [5, 5.41) is 3.10. The van der Waals surface area contributed by atoms with Crippen LogP contribution in [0.2, 0.25) is 5.02 Å². The van der Waals surface area contributed by atoms with Crippen LogP contribution < -0.4 is 5.32 Å². The highest BCUT2D eigenvalue weighted by molar-refractivity contribution is 9.10. The second kappa shape index (κ2) is 6.91. The van der Waals surface area contributed by atoms with Gasteiger partial charge in [-0.15, -0.1) is 0 Å². The molecule has 1 atom stereocenters. The smallest absolute Gasteiger partial charge is 0.333 e. The van der Waals surface area contributed by atoms with Gasteiger partial charge >= 0.3 is 5.97 Å². The summed E-state index contributed by atoms with van der Waals surface area (Å²) in [5.74, 6) is -1.19. The fraction of sp³-hybridized carbons (Fsp3) is 0.133. The molecule has 0 aliphatic carbocycles. The summed E-state index contributed by atoms with van der Waals surface area (Å²) in [5.41, 5.74) is 0.710. The zero-order chi connectivity index (χ0) is 15.4. The van der Waals surface area contributed by atoms with Gasteiger partial charge in [-0.2, -0.15) is 0 Å². The minimum Gasteiger partial charge on any atom is -0.467 e. The quantitative estimate of drug-likeness (QED) is 0.799. The van der Waals surface area contributed by atoms with E-state index >= 15 is 0 Å². The number of anilines is 1. The van der Waals surface area contributed by atoms with Gasteiger partial charge in [0.25, 0.3) is 0 Å². The molecule has 0 fully saturated rings. The van der Waals surface area contributed by atoms with E-state index in [0.717, 1.165) is 4.47 Å². The lowest BCUT2D eigenvalue weighted by molar-refractivity contribution is -0.141. The Morgan fingerprint density at radius 2 is 1.95 bits per heavy atom. The van der Waals surface area contributed by atoms with E-state index in [0.29, 0.717) is 5.69 Å². The molecule has 2 aromatic rings. The predicted molar refractivity (Wildman–Crippen MR) is 83.9 cm³/mol. The van der Waals surface area contributed by atoms with E-state index in [2.05, 4.69) is 21.2 Å². The van der Waals surface area contributed by atoms with Crippen LogP contribution in [0.4, 0.5) is 10.1 Å². The molecule has 2 aromatic carbocycles. The maximum absolute atomic E-state index is 14.0. The maximum atomic E-state index is 14.0. The van der Waals surface area contributed by atoms with Crippen molar-refractivity contribution in [2.24, 2.45) is 0 Å². The van der Waals surface area contributed by atoms with Crippen molar-refractivity contribution in [2.75, 3.05) is 12.4 Å². The van der Waals surface area contributed by atoms with E-state index in [1.807, 2.05) is 0 Å². The zero-order valence-corrected chi connectivity index (χ0v) is 13.4. The lowest BCUT2D eigenvalue weighted by Gasteiger charge is -2.19. The van der Waals surface area contributed by atoms with Gasteiger partial charge in [0.2, 0.25) is 0 Å². The van der Waals surface area contributed by atoms with E-state index in [-0.39, 0.29) is 10.6 Å². The molecule has 110 valence electrons. The lowest BCUT2D eigenvalue weighted by atomic mass is 10.1. The van der Waals surface area contributed by atoms with Gasteiger partial charge in [0, 0.05) is 20.7 Å². The Bertz CT molecular complexity index is 628. The van der Waals surface area contributed by atoms with Crippen molar-refractivity contribution in [3.8, 4) is 0 Å². The van der Waals surface area contributed by atoms with Gasteiger partial charge in [0.05, 0.1) is 7.11 Å². The van der Waals surface area contributed by atoms with Crippen molar-refractivity contribution >= 4 is 39.2 Å². The number of carbonyl (C=O) groups excluding carboxylic acids is 1. The van der Waals surface area contributed by atoms with E-state index in [1.165, 1.54) is 25.3 Å². The van der Waals surface area contributed by atoms with Gasteiger partial charge in [-0.1, -0.05) is 33.6 Å². The normalized spacial score (nSPS) is 11.8. The van der Waals surface area contributed by atoms with Crippen LogP contribution >= 0.6 is 27.5 Å². The number of halogens is 3. The number of ether oxygens (including phenoxy) is 1. The Kier molecular flexibility index (Phi) is 5.20. The molecule has 21 heavy (non-hydrogen) atoms. The van der Waals surface area contributed by atoms with Crippen molar-refractivity contribution in [1.29, 1.82) is 0 Å². The standard InChI is InChI=1S/C15H12BrClFNO2/c1-21-15(20)14(13-11(17)3-2-4-12(13)18)19-10-7-5-9(16)6-8-10/h2-8,14,19H,1H3. The summed E-state index contributed by atoms with van der Waals surface area (Å²) in [7, 11) is 1.24. The number of carbonyl (C=O) groups is 1. The van der Waals surface area contributed by atoms with Crippen LogP contribution in [0.15, 0.2) is 46.9 Å². The second-order valence-electron chi connectivity index (χ2n) is 4.24. The topological polar surface area (TPSA) is 38.3 Å². The first-order chi connectivity index (χ1) is 10.0.